The number of nitrogens with zero attached hydrogens (tertiary/aromatic N) is 4. The van der Waals surface area contributed by atoms with Crippen LogP contribution in [0.2, 0.25) is 0 Å². The van der Waals surface area contributed by atoms with E-state index in [1.165, 1.54) is 12.1 Å². The van der Waals surface area contributed by atoms with Crippen LogP contribution in [0.4, 0.5) is 13.2 Å². The van der Waals surface area contributed by atoms with E-state index in [0.29, 0.717) is 6.42 Å². The predicted octanol–water partition coefficient (Wildman–Crippen LogP) is 5.06. The van der Waals surface area contributed by atoms with E-state index in [4.69, 9.17) is 5.53 Å². The van der Waals surface area contributed by atoms with Gasteiger partial charge in [0, 0.05) is 23.2 Å². The van der Waals surface area contributed by atoms with E-state index in [-0.39, 0.29) is 6.04 Å². The van der Waals surface area contributed by atoms with Gasteiger partial charge in [0.05, 0.1) is 11.6 Å². The zero-order chi connectivity index (χ0) is 16.2. The summed E-state index contributed by atoms with van der Waals surface area (Å²) >= 11 is 0. The van der Waals surface area contributed by atoms with Crippen molar-refractivity contribution < 1.29 is 13.2 Å². The second-order valence-corrected chi connectivity index (χ2v) is 4.84. The number of pyridine rings is 1. The van der Waals surface area contributed by atoms with Crippen molar-refractivity contribution in [2.24, 2.45) is 5.11 Å². The summed E-state index contributed by atoms with van der Waals surface area (Å²) in [5.41, 5.74) is 9.99. The Morgan fingerprint density at radius 2 is 1.86 bits per heavy atom. The van der Waals surface area contributed by atoms with Gasteiger partial charge in [-0.3, -0.25) is 4.98 Å². The van der Waals surface area contributed by atoms with E-state index in [0.717, 1.165) is 29.0 Å². The maximum Gasteiger partial charge on any atom is 0.416 e. The standard InChI is InChI=1S/C15H13F3N4/c1-10(21-22-19)12-4-7-14(20-9-12)8-11-2-5-13(6-3-11)15(16,17)18/h2-7,9-10H,8H2,1H3. The van der Waals surface area contributed by atoms with Crippen LogP contribution in [-0.2, 0) is 12.6 Å². The Morgan fingerprint density at radius 1 is 1.18 bits per heavy atom. The molecule has 7 heteroatoms. The first kappa shape index (κ1) is 15.9. The molecule has 2 aromatic rings. The van der Waals surface area contributed by atoms with Gasteiger partial charge in [-0.15, -0.1) is 0 Å². The monoisotopic (exact) mass is 306 g/mol. The van der Waals surface area contributed by atoms with Crippen LogP contribution < -0.4 is 0 Å². The van der Waals surface area contributed by atoms with E-state index in [9.17, 15) is 13.2 Å². The number of hydrogen-bond donors (Lipinski definition) is 0. The molecule has 0 fully saturated rings. The van der Waals surface area contributed by atoms with Crippen molar-refractivity contribution in [2.75, 3.05) is 0 Å². The van der Waals surface area contributed by atoms with E-state index >= 15 is 0 Å². The van der Waals surface area contributed by atoms with E-state index in [1.54, 1.807) is 25.3 Å². The molecule has 0 aliphatic rings. The minimum Gasteiger partial charge on any atom is -0.261 e. The minimum absolute atomic E-state index is 0.308. The normalized spacial score (nSPS) is 12.5. The molecule has 0 bridgehead atoms. The summed E-state index contributed by atoms with van der Waals surface area (Å²) in [4.78, 5) is 6.98. The molecule has 4 nitrogen and oxygen atoms in total. The highest BCUT2D eigenvalue weighted by molar-refractivity contribution is 5.28. The summed E-state index contributed by atoms with van der Waals surface area (Å²) in [6.07, 6.45) is -2.27. The molecule has 0 saturated carbocycles. The average Bonchev–Trinajstić information content (AvgIpc) is 2.48. The third-order valence-electron chi connectivity index (χ3n) is 3.22. The Hall–Kier alpha value is -2.53. The third-order valence-corrected chi connectivity index (χ3v) is 3.22. The lowest BCUT2D eigenvalue weighted by atomic mass is 10.1. The Morgan fingerprint density at radius 3 is 2.36 bits per heavy atom. The second kappa shape index (κ2) is 6.49. The van der Waals surface area contributed by atoms with Crippen molar-refractivity contribution >= 4 is 0 Å². The van der Waals surface area contributed by atoms with Crippen LogP contribution in [0.3, 0.4) is 0 Å². The molecule has 0 saturated heterocycles. The van der Waals surface area contributed by atoms with E-state index in [1.807, 2.05) is 0 Å². The quantitative estimate of drug-likeness (QED) is 0.442. The number of alkyl halides is 3. The zero-order valence-corrected chi connectivity index (χ0v) is 11.7. The molecule has 1 aromatic heterocycles. The molecular formula is C15H13F3N4. The molecule has 1 atom stereocenters. The number of halogens is 3. The van der Waals surface area contributed by atoms with Crippen LogP contribution in [0.1, 0.15) is 35.3 Å². The highest BCUT2D eigenvalue weighted by Gasteiger charge is 2.29. The molecule has 2 rings (SSSR count). The highest BCUT2D eigenvalue weighted by atomic mass is 19.4. The molecule has 0 aliphatic heterocycles. The van der Waals surface area contributed by atoms with Crippen LogP contribution >= 0.6 is 0 Å². The molecule has 1 heterocycles. The number of hydrogen-bond acceptors (Lipinski definition) is 2. The lowest BCUT2D eigenvalue weighted by Gasteiger charge is -2.08. The summed E-state index contributed by atoms with van der Waals surface area (Å²) in [5, 5.41) is 3.58. The Bertz CT molecular complexity index is 671. The number of azide groups is 1. The van der Waals surface area contributed by atoms with Crippen molar-refractivity contribution in [1.82, 2.24) is 4.98 Å². The predicted molar refractivity (Wildman–Crippen MR) is 76.0 cm³/mol. The van der Waals surface area contributed by atoms with Gasteiger partial charge in [0.15, 0.2) is 0 Å². The number of aromatic nitrogens is 1. The molecule has 114 valence electrons. The molecule has 0 aliphatic carbocycles. The Kier molecular flexibility index (Phi) is 4.68. The average molecular weight is 306 g/mol. The maximum atomic E-state index is 12.5. The van der Waals surface area contributed by atoms with Crippen molar-refractivity contribution in [3.05, 3.63) is 75.4 Å². The van der Waals surface area contributed by atoms with Crippen LogP contribution in [0.5, 0.6) is 0 Å². The highest BCUT2D eigenvalue weighted by Crippen LogP contribution is 2.29. The summed E-state index contributed by atoms with van der Waals surface area (Å²) < 4.78 is 37.4. The Labute approximate surface area is 125 Å². The molecule has 0 radical (unpaired) electrons. The van der Waals surface area contributed by atoms with E-state index < -0.39 is 11.7 Å². The lowest BCUT2D eigenvalue weighted by molar-refractivity contribution is -0.137. The van der Waals surface area contributed by atoms with Gasteiger partial charge in [0.1, 0.15) is 0 Å². The molecule has 22 heavy (non-hydrogen) atoms. The molecule has 0 spiro atoms. The first-order valence-electron chi connectivity index (χ1n) is 6.55. The molecule has 1 unspecified atom stereocenters. The second-order valence-electron chi connectivity index (χ2n) is 4.84. The molecular weight excluding hydrogens is 293 g/mol. The molecule has 0 amide bonds. The fraction of sp³-hybridized carbons (Fsp3) is 0.267. The van der Waals surface area contributed by atoms with Gasteiger partial charge in [-0.25, -0.2) is 0 Å². The SMILES string of the molecule is CC(N=[N+]=[N-])c1ccc(Cc2ccc(C(F)(F)F)cc2)nc1. The van der Waals surface area contributed by atoms with Crippen molar-refractivity contribution in [1.29, 1.82) is 0 Å². The zero-order valence-electron chi connectivity index (χ0n) is 11.7. The molecule has 0 N–H and O–H groups in total. The van der Waals surface area contributed by atoms with Crippen LogP contribution in [-0.4, -0.2) is 4.98 Å². The van der Waals surface area contributed by atoms with E-state index in [2.05, 4.69) is 15.0 Å². The summed E-state index contributed by atoms with van der Waals surface area (Å²) in [6, 6.07) is 8.28. The van der Waals surface area contributed by atoms with Gasteiger partial charge in [-0.1, -0.05) is 30.2 Å². The fourth-order valence-corrected chi connectivity index (χ4v) is 1.95. The van der Waals surface area contributed by atoms with Gasteiger partial charge < -0.3 is 0 Å². The topological polar surface area (TPSA) is 61.7 Å². The van der Waals surface area contributed by atoms with Crippen molar-refractivity contribution in [3.63, 3.8) is 0 Å². The maximum absolute atomic E-state index is 12.5. The van der Waals surface area contributed by atoms with Gasteiger partial charge in [-0.2, -0.15) is 13.2 Å². The largest absolute Gasteiger partial charge is 0.416 e. The fourth-order valence-electron chi connectivity index (χ4n) is 1.95. The van der Waals surface area contributed by atoms with Crippen LogP contribution in [0, 0.1) is 0 Å². The minimum atomic E-state index is -4.32. The van der Waals surface area contributed by atoms with Crippen molar-refractivity contribution in [3.8, 4) is 0 Å². The van der Waals surface area contributed by atoms with Gasteiger partial charge in [0.25, 0.3) is 0 Å². The smallest absolute Gasteiger partial charge is 0.261 e. The molecule has 1 aromatic carbocycles. The first-order valence-corrected chi connectivity index (χ1v) is 6.55. The summed E-state index contributed by atoms with van der Waals surface area (Å²) in [5.74, 6) is 0. The Balaban J connectivity index is 2.09. The van der Waals surface area contributed by atoms with Crippen LogP contribution in [0.15, 0.2) is 47.7 Å². The lowest BCUT2D eigenvalue weighted by Crippen LogP contribution is -2.04. The van der Waals surface area contributed by atoms with Gasteiger partial charge in [0.2, 0.25) is 0 Å². The summed E-state index contributed by atoms with van der Waals surface area (Å²) in [7, 11) is 0. The van der Waals surface area contributed by atoms with Crippen LogP contribution in [0.25, 0.3) is 10.4 Å². The van der Waals surface area contributed by atoms with Crippen molar-refractivity contribution in [2.45, 2.75) is 25.6 Å². The number of benzene rings is 1. The third kappa shape index (κ3) is 3.99. The summed E-state index contributed by atoms with van der Waals surface area (Å²) in [6.45, 7) is 1.76. The van der Waals surface area contributed by atoms with Gasteiger partial charge in [-0.05, 0) is 34.9 Å². The first-order chi connectivity index (χ1) is 10.4. The number of rotatable bonds is 4. The van der Waals surface area contributed by atoms with Gasteiger partial charge >= 0.3 is 6.18 Å².